The van der Waals surface area contributed by atoms with Crippen LogP contribution in [-0.2, 0) is 18.3 Å². The Kier molecular flexibility index (Phi) is 6.57. The third kappa shape index (κ3) is 4.05. The van der Waals surface area contributed by atoms with E-state index in [1.807, 2.05) is 34.7 Å². The molecule has 0 aliphatic heterocycles. The Balaban J connectivity index is 2.34. The minimum absolute atomic E-state index is 0.0476. The van der Waals surface area contributed by atoms with Gasteiger partial charge in [-0.2, -0.15) is 0 Å². The molecule has 0 spiro atoms. The summed E-state index contributed by atoms with van der Waals surface area (Å²) in [6, 6.07) is 5.68. The first-order chi connectivity index (χ1) is 11.5. The van der Waals surface area contributed by atoms with E-state index in [0.29, 0.717) is 49.0 Å². The molecule has 8 heteroatoms. The fraction of sp³-hybridized carbons (Fsp3) is 0.500. The second-order valence-electron chi connectivity index (χ2n) is 5.55. The number of alkyl halides is 2. The first kappa shape index (κ1) is 18.7. The number of rotatable bonds is 9. The van der Waals surface area contributed by atoms with Crippen molar-refractivity contribution in [2.45, 2.75) is 19.3 Å². The Bertz CT molecular complexity index is 712. The molecule has 6 nitrogen and oxygen atoms in total. The van der Waals surface area contributed by atoms with E-state index < -0.39 is 5.97 Å². The lowest BCUT2D eigenvalue weighted by atomic mass is 10.2. The highest BCUT2D eigenvalue weighted by molar-refractivity contribution is 6.18. The molecule has 0 saturated carbocycles. The second-order valence-corrected chi connectivity index (χ2v) is 6.31. The molecule has 24 heavy (non-hydrogen) atoms. The van der Waals surface area contributed by atoms with E-state index in [1.54, 1.807) is 0 Å². The summed E-state index contributed by atoms with van der Waals surface area (Å²) < 4.78 is 2.71. The van der Waals surface area contributed by atoms with Gasteiger partial charge in [0.1, 0.15) is 0 Å². The van der Waals surface area contributed by atoms with Gasteiger partial charge in [0.2, 0.25) is 0 Å². The SMILES string of the molecule is Cn1c(CCCC(=O)O)[n+]([O-])c2cc(N(CCCl)CCCl)ccc21. The van der Waals surface area contributed by atoms with Crippen molar-refractivity contribution in [3.05, 3.63) is 29.2 Å². The van der Waals surface area contributed by atoms with Gasteiger partial charge in [-0.3, -0.25) is 4.79 Å². The molecule has 1 heterocycles. The third-order valence-electron chi connectivity index (χ3n) is 4.03. The van der Waals surface area contributed by atoms with Crippen molar-refractivity contribution in [3.8, 4) is 0 Å². The molecule has 0 aliphatic rings. The average Bonchev–Trinajstić information content (AvgIpc) is 2.79. The summed E-state index contributed by atoms with van der Waals surface area (Å²) in [5.74, 6) is 0.652. The summed E-state index contributed by atoms with van der Waals surface area (Å²) in [6.07, 6.45) is 0.897. The number of hydrogen-bond donors (Lipinski definition) is 1. The Morgan fingerprint density at radius 1 is 1.33 bits per heavy atom. The fourth-order valence-corrected chi connectivity index (χ4v) is 3.22. The Hall–Kier alpha value is -1.66. The van der Waals surface area contributed by atoms with Crippen molar-refractivity contribution in [2.75, 3.05) is 29.7 Å². The lowest BCUT2D eigenvalue weighted by molar-refractivity contribution is -0.587. The number of carboxylic acids is 1. The summed E-state index contributed by atoms with van der Waals surface area (Å²) >= 11 is 11.7. The Morgan fingerprint density at radius 2 is 2.00 bits per heavy atom. The van der Waals surface area contributed by atoms with Crippen molar-refractivity contribution in [2.24, 2.45) is 7.05 Å². The van der Waals surface area contributed by atoms with Crippen molar-refractivity contribution in [1.29, 1.82) is 0 Å². The summed E-state index contributed by atoms with van der Waals surface area (Å²) in [6.45, 7) is 1.30. The van der Waals surface area contributed by atoms with Crippen molar-refractivity contribution < 1.29 is 14.6 Å². The molecule has 1 N–H and O–H groups in total. The maximum absolute atomic E-state index is 12.6. The van der Waals surface area contributed by atoms with E-state index in [1.165, 1.54) is 0 Å². The largest absolute Gasteiger partial charge is 0.710 e. The molecule has 0 fully saturated rings. The van der Waals surface area contributed by atoms with Crippen LogP contribution in [0.1, 0.15) is 18.7 Å². The molecule has 0 unspecified atom stereocenters. The van der Waals surface area contributed by atoms with Crippen LogP contribution in [0.25, 0.3) is 11.0 Å². The van der Waals surface area contributed by atoms with Crippen molar-refractivity contribution in [3.63, 3.8) is 0 Å². The monoisotopic (exact) mass is 373 g/mol. The fourth-order valence-electron chi connectivity index (χ4n) is 2.81. The molecule has 132 valence electrons. The van der Waals surface area contributed by atoms with Gasteiger partial charge < -0.3 is 15.2 Å². The smallest absolute Gasteiger partial charge is 0.303 e. The number of hydrogen-bond acceptors (Lipinski definition) is 3. The third-order valence-corrected chi connectivity index (χ3v) is 4.36. The number of carboxylic acid groups (broad SMARTS) is 1. The maximum atomic E-state index is 12.6. The molecule has 1 aromatic heterocycles. The van der Waals surface area contributed by atoms with Gasteiger partial charge >= 0.3 is 5.97 Å². The number of carbonyl (C=O) groups is 1. The zero-order chi connectivity index (χ0) is 17.7. The molecule has 2 rings (SSSR count). The van der Waals surface area contributed by atoms with E-state index >= 15 is 0 Å². The Morgan fingerprint density at radius 3 is 2.58 bits per heavy atom. The van der Waals surface area contributed by atoms with Crippen LogP contribution in [0.4, 0.5) is 5.69 Å². The van der Waals surface area contributed by atoms with Crippen LogP contribution in [0.2, 0.25) is 0 Å². The molecular formula is C16H21Cl2N3O3. The number of benzene rings is 1. The molecule has 0 saturated heterocycles. The highest BCUT2D eigenvalue weighted by Crippen LogP contribution is 2.22. The zero-order valence-corrected chi connectivity index (χ0v) is 15.1. The number of anilines is 1. The van der Waals surface area contributed by atoms with Gasteiger partial charge in [-0.15, -0.1) is 23.2 Å². The van der Waals surface area contributed by atoms with E-state index in [0.717, 1.165) is 15.9 Å². The standard InChI is InChI=1S/C16H21Cl2N3O3/c1-19-13-6-5-12(20(9-7-17)10-8-18)11-14(13)21(24)15(19)3-2-4-16(22)23/h5-6,11H,2-4,7-10H2,1H3,(H,22,23). The number of imidazole rings is 1. The highest BCUT2D eigenvalue weighted by atomic mass is 35.5. The topological polar surface area (TPSA) is 72.4 Å². The summed E-state index contributed by atoms with van der Waals surface area (Å²) in [5, 5.41) is 21.3. The van der Waals surface area contributed by atoms with E-state index in [9.17, 15) is 10.0 Å². The van der Waals surface area contributed by atoms with Gasteiger partial charge in [0.15, 0.2) is 11.0 Å². The van der Waals surface area contributed by atoms with Crippen LogP contribution >= 0.6 is 23.2 Å². The molecule has 0 aliphatic carbocycles. The van der Waals surface area contributed by atoms with Gasteiger partial charge in [0, 0.05) is 43.0 Å². The van der Waals surface area contributed by atoms with Gasteiger partial charge in [0.05, 0.1) is 13.5 Å². The van der Waals surface area contributed by atoms with Crippen LogP contribution in [0.3, 0.4) is 0 Å². The predicted octanol–water partition coefficient (Wildman–Crippen LogP) is 2.50. The molecule has 0 amide bonds. The maximum Gasteiger partial charge on any atom is 0.303 e. The van der Waals surface area contributed by atoms with Crippen LogP contribution < -0.4 is 9.63 Å². The van der Waals surface area contributed by atoms with Crippen LogP contribution in [0.5, 0.6) is 0 Å². The normalized spacial score (nSPS) is 11.1. The highest BCUT2D eigenvalue weighted by Gasteiger charge is 2.20. The second kappa shape index (κ2) is 8.44. The lowest BCUT2D eigenvalue weighted by Gasteiger charge is -2.22. The van der Waals surface area contributed by atoms with Gasteiger partial charge in [-0.1, -0.05) is 0 Å². The first-order valence-corrected chi connectivity index (χ1v) is 8.86. The quantitative estimate of drug-likeness (QED) is 0.416. The Labute approximate surface area is 150 Å². The number of aryl methyl sites for hydroxylation is 1. The van der Waals surface area contributed by atoms with Crippen molar-refractivity contribution >= 4 is 45.9 Å². The van der Waals surface area contributed by atoms with Gasteiger partial charge in [-0.25, -0.2) is 9.30 Å². The minimum Gasteiger partial charge on any atom is -0.710 e. The zero-order valence-electron chi connectivity index (χ0n) is 13.5. The first-order valence-electron chi connectivity index (χ1n) is 7.79. The molecule has 1 aromatic carbocycles. The van der Waals surface area contributed by atoms with Crippen LogP contribution in [0.15, 0.2) is 18.2 Å². The molecule has 2 aromatic rings. The number of aliphatic carboxylic acids is 1. The number of fused-ring (bicyclic) bond motifs is 1. The number of aromatic nitrogens is 2. The van der Waals surface area contributed by atoms with Crippen molar-refractivity contribution in [1.82, 2.24) is 4.57 Å². The van der Waals surface area contributed by atoms with Gasteiger partial charge in [0.25, 0.3) is 5.82 Å². The average molecular weight is 374 g/mol. The van der Waals surface area contributed by atoms with E-state index in [2.05, 4.69) is 0 Å². The lowest BCUT2D eigenvalue weighted by Crippen LogP contribution is -2.32. The van der Waals surface area contributed by atoms with Crippen LogP contribution in [-0.4, -0.2) is 40.5 Å². The minimum atomic E-state index is -0.855. The predicted molar refractivity (Wildman–Crippen MR) is 96.1 cm³/mol. The summed E-state index contributed by atoms with van der Waals surface area (Å²) in [5.41, 5.74) is 2.28. The van der Waals surface area contributed by atoms with E-state index in [-0.39, 0.29) is 6.42 Å². The number of halogens is 2. The van der Waals surface area contributed by atoms with Crippen LogP contribution in [0, 0.1) is 5.21 Å². The molecule has 0 atom stereocenters. The van der Waals surface area contributed by atoms with E-state index in [4.69, 9.17) is 28.3 Å². The summed E-state index contributed by atoms with van der Waals surface area (Å²) in [4.78, 5) is 12.7. The number of nitrogens with zero attached hydrogens (tertiary/aromatic N) is 3. The summed E-state index contributed by atoms with van der Waals surface area (Å²) in [7, 11) is 1.82. The molecular weight excluding hydrogens is 353 g/mol. The molecule has 0 radical (unpaired) electrons. The van der Waals surface area contributed by atoms with Gasteiger partial charge in [-0.05, 0) is 18.6 Å². The molecule has 0 bridgehead atoms.